The van der Waals surface area contributed by atoms with Crippen molar-refractivity contribution < 1.29 is 9.53 Å². The van der Waals surface area contributed by atoms with Crippen LogP contribution in [0, 0.1) is 11.3 Å². The predicted octanol–water partition coefficient (Wildman–Crippen LogP) is 2.44. The minimum absolute atomic E-state index is 0.236. The Morgan fingerprint density at radius 1 is 1.60 bits per heavy atom. The molecule has 0 bridgehead atoms. The fraction of sp³-hybridized carbons (Fsp3) is 0.273. The minimum atomic E-state index is -0.361. The highest BCUT2D eigenvalue weighted by molar-refractivity contribution is 9.10. The van der Waals surface area contributed by atoms with Gasteiger partial charge in [-0.3, -0.25) is 4.79 Å². The van der Waals surface area contributed by atoms with Gasteiger partial charge in [0.15, 0.2) is 0 Å². The second-order valence-corrected chi connectivity index (χ2v) is 4.35. The predicted molar refractivity (Wildman–Crippen MR) is 59.8 cm³/mol. The van der Waals surface area contributed by atoms with Gasteiger partial charge in [-0.05, 0) is 13.0 Å². The number of benzene rings is 1. The molecule has 0 spiro atoms. The van der Waals surface area contributed by atoms with Crippen LogP contribution in [0.3, 0.4) is 0 Å². The number of carbonyl (C=O) groups excluding carboxylic acids is 1. The Balaban J connectivity index is 2.85. The zero-order chi connectivity index (χ0) is 11.3. The van der Waals surface area contributed by atoms with Crippen molar-refractivity contribution in [1.29, 1.82) is 5.26 Å². The molecule has 0 aliphatic rings. The molecule has 3 nitrogen and oxygen atoms in total. The summed E-state index contributed by atoms with van der Waals surface area (Å²) < 4.78 is 5.12. The van der Waals surface area contributed by atoms with Crippen molar-refractivity contribution in [2.75, 3.05) is 0 Å². The lowest BCUT2D eigenvalue weighted by Gasteiger charge is -2.08. The lowest BCUT2D eigenvalue weighted by atomic mass is 10.1. The molecular weight excluding hydrogens is 258 g/mol. The van der Waals surface area contributed by atoms with Crippen molar-refractivity contribution in [2.45, 2.75) is 18.2 Å². The third-order valence-electron chi connectivity index (χ3n) is 1.78. The molecule has 1 unspecified atom stereocenters. The van der Waals surface area contributed by atoms with Crippen LogP contribution in [0.1, 0.15) is 12.5 Å². The molecule has 1 rings (SSSR count). The van der Waals surface area contributed by atoms with Crippen molar-refractivity contribution in [1.82, 2.24) is 0 Å². The smallest absolute Gasteiger partial charge is 0.324 e. The molecule has 0 radical (unpaired) electrons. The quantitative estimate of drug-likeness (QED) is 0.480. The molecule has 0 fully saturated rings. The lowest BCUT2D eigenvalue weighted by molar-refractivity contribution is -0.133. The van der Waals surface area contributed by atoms with Crippen molar-refractivity contribution in [2.24, 2.45) is 0 Å². The lowest BCUT2D eigenvalue weighted by Crippen LogP contribution is -2.17. The number of halogens is 1. The maximum Gasteiger partial charge on any atom is 0.324 e. The molecule has 1 atom stereocenters. The molecule has 0 saturated heterocycles. The summed E-state index contributed by atoms with van der Waals surface area (Å²) in [6, 6.07) is 9.05. The van der Waals surface area contributed by atoms with Crippen LogP contribution in [0.25, 0.3) is 0 Å². The first kappa shape index (κ1) is 11.7. The third-order valence-corrected chi connectivity index (χ3v) is 2.15. The van der Waals surface area contributed by atoms with Gasteiger partial charge in [0.05, 0.1) is 12.5 Å². The Morgan fingerprint density at radius 2 is 2.27 bits per heavy atom. The first-order valence-electron chi connectivity index (χ1n) is 4.45. The van der Waals surface area contributed by atoms with Gasteiger partial charge in [-0.25, -0.2) is 0 Å². The van der Waals surface area contributed by atoms with Crippen molar-refractivity contribution in [3.63, 3.8) is 0 Å². The molecular formula is C11H10BrNO2. The monoisotopic (exact) mass is 267 g/mol. The summed E-state index contributed by atoms with van der Waals surface area (Å²) in [6.45, 7) is 1.69. The summed E-state index contributed by atoms with van der Waals surface area (Å²) in [7, 11) is 0. The van der Waals surface area contributed by atoms with E-state index in [1.54, 1.807) is 25.1 Å². The second kappa shape index (κ2) is 5.52. The van der Waals surface area contributed by atoms with E-state index in [9.17, 15) is 4.79 Å². The Labute approximate surface area is 96.8 Å². The van der Waals surface area contributed by atoms with Crippen LogP contribution >= 0.6 is 15.9 Å². The van der Waals surface area contributed by atoms with E-state index >= 15 is 0 Å². The highest BCUT2D eigenvalue weighted by Gasteiger charge is 2.13. The number of nitriles is 1. The molecule has 0 aliphatic heterocycles. The summed E-state index contributed by atoms with van der Waals surface area (Å²) in [5.41, 5.74) is 0.724. The fourth-order valence-corrected chi connectivity index (χ4v) is 1.12. The number of hydrogen-bond acceptors (Lipinski definition) is 3. The third kappa shape index (κ3) is 3.37. The number of esters is 1. The van der Waals surface area contributed by atoms with Crippen molar-refractivity contribution >= 4 is 21.9 Å². The van der Waals surface area contributed by atoms with E-state index in [4.69, 9.17) is 10.00 Å². The number of para-hydroxylation sites is 1. The van der Waals surface area contributed by atoms with Crippen LogP contribution in [0.15, 0.2) is 24.3 Å². The summed E-state index contributed by atoms with van der Waals surface area (Å²) in [5.74, 6) is 0.0933. The molecule has 4 heteroatoms. The average molecular weight is 268 g/mol. The van der Waals surface area contributed by atoms with Gasteiger partial charge in [0.2, 0.25) is 0 Å². The molecule has 15 heavy (non-hydrogen) atoms. The number of rotatable bonds is 3. The zero-order valence-corrected chi connectivity index (χ0v) is 9.82. The summed E-state index contributed by atoms with van der Waals surface area (Å²) in [5, 5.41) is 8.59. The first-order chi connectivity index (χ1) is 7.15. The number of hydrogen-bond donors (Lipinski definition) is 0. The number of ether oxygens (including phenoxy) is 1. The van der Waals surface area contributed by atoms with Gasteiger partial charge in [-0.15, -0.1) is 0 Å². The van der Waals surface area contributed by atoms with Crippen LogP contribution in [0.5, 0.6) is 5.75 Å². The summed E-state index contributed by atoms with van der Waals surface area (Å²) in [6.07, 6.45) is 0.236. The topological polar surface area (TPSA) is 50.1 Å². The van der Waals surface area contributed by atoms with E-state index in [0.717, 1.165) is 5.56 Å². The molecule has 78 valence electrons. The van der Waals surface area contributed by atoms with Gasteiger partial charge in [0, 0.05) is 5.56 Å². The molecule has 0 heterocycles. The van der Waals surface area contributed by atoms with Gasteiger partial charge < -0.3 is 4.74 Å². The Kier molecular flexibility index (Phi) is 4.32. The number of carbonyl (C=O) groups is 1. The van der Waals surface area contributed by atoms with E-state index in [1.807, 2.05) is 12.1 Å². The fourth-order valence-electron chi connectivity index (χ4n) is 1.02. The maximum atomic E-state index is 11.3. The number of nitrogens with zero attached hydrogens (tertiary/aromatic N) is 1. The summed E-state index contributed by atoms with van der Waals surface area (Å²) >= 11 is 3.12. The van der Waals surface area contributed by atoms with Crippen LogP contribution in [-0.2, 0) is 11.2 Å². The Hall–Kier alpha value is -1.34. The number of alkyl halides is 1. The maximum absolute atomic E-state index is 11.3. The second-order valence-electron chi connectivity index (χ2n) is 2.98. The molecule has 0 aromatic heterocycles. The molecule has 1 aromatic rings. The Bertz CT molecular complexity index is 396. The molecule has 0 amide bonds. The minimum Gasteiger partial charge on any atom is -0.425 e. The zero-order valence-electron chi connectivity index (χ0n) is 8.24. The van der Waals surface area contributed by atoms with Crippen LogP contribution in [0.2, 0.25) is 0 Å². The SMILES string of the molecule is CC(Br)C(=O)Oc1ccccc1CC#N. The largest absolute Gasteiger partial charge is 0.425 e. The van der Waals surface area contributed by atoms with Gasteiger partial charge >= 0.3 is 5.97 Å². The van der Waals surface area contributed by atoms with Crippen LogP contribution < -0.4 is 4.74 Å². The molecule has 1 aromatic carbocycles. The first-order valence-corrected chi connectivity index (χ1v) is 5.37. The van der Waals surface area contributed by atoms with Crippen molar-refractivity contribution in [3.05, 3.63) is 29.8 Å². The van der Waals surface area contributed by atoms with Crippen molar-refractivity contribution in [3.8, 4) is 11.8 Å². The van der Waals surface area contributed by atoms with Crippen LogP contribution in [0.4, 0.5) is 0 Å². The van der Waals surface area contributed by atoms with E-state index < -0.39 is 0 Å². The van der Waals surface area contributed by atoms with Gasteiger partial charge in [0.1, 0.15) is 10.6 Å². The average Bonchev–Trinajstić information content (AvgIpc) is 2.21. The van der Waals surface area contributed by atoms with Gasteiger partial charge in [-0.1, -0.05) is 34.1 Å². The van der Waals surface area contributed by atoms with E-state index in [1.165, 1.54) is 0 Å². The standard InChI is InChI=1S/C11H10BrNO2/c1-8(12)11(14)15-10-5-3-2-4-9(10)6-7-13/h2-5,8H,6H2,1H3. The molecule has 0 saturated carbocycles. The van der Waals surface area contributed by atoms with Gasteiger partial charge in [0.25, 0.3) is 0 Å². The van der Waals surface area contributed by atoms with E-state index in [-0.39, 0.29) is 17.2 Å². The summed E-state index contributed by atoms with van der Waals surface area (Å²) in [4.78, 5) is 11.0. The van der Waals surface area contributed by atoms with E-state index in [0.29, 0.717) is 5.75 Å². The van der Waals surface area contributed by atoms with Gasteiger partial charge in [-0.2, -0.15) is 5.26 Å². The highest BCUT2D eigenvalue weighted by Crippen LogP contribution is 2.19. The van der Waals surface area contributed by atoms with Crippen LogP contribution in [-0.4, -0.2) is 10.8 Å². The Morgan fingerprint density at radius 3 is 2.87 bits per heavy atom. The molecule has 0 N–H and O–H groups in total. The van der Waals surface area contributed by atoms with E-state index in [2.05, 4.69) is 15.9 Å². The normalized spacial score (nSPS) is 11.5. The highest BCUT2D eigenvalue weighted by atomic mass is 79.9. The molecule has 0 aliphatic carbocycles.